The van der Waals surface area contributed by atoms with E-state index in [1.54, 1.807) is 48.5 Å². The number of nitrogens with zero attached hydrogens (tertiary/aromatic N) is 1. The number of aryl methyl sites for hydroxylation is 2. The van der Waals surface area contributed by atoms with Crippen LogP contribution in [0, 0.1) is 13.8 Å². The highest BCUT2D eigenvalue weighted by atomic mass is 79.9. The average molecular weight is 567 g/mol. The maximum atomic E-state index is 12.8. The molecule has 3 aromatic carbocycles. The molecular weight excluding hydrogens is 544 g/mol. The zero-order valence-electron chi connectivity index (χ0n) is 19.8. The second kappa shape index (κ2) is 11.0. The lowest BCUT2D eigenvalue weighted by Crippen LogP contribution is -2.27. The Bertz CT molecular complexity index is 1370. The van der Waals surface area contributed by atoms with Crippen LogP contribution in [0.1, 0.15) is 16.7 Å². The van der Waals surface area contributed by atoms with E-state index in [1.807, 2.05) is 32.0 Å². The monoisotopic (exact) mass is 566 g/mol. The SMILES string of the molecule is COc1cc(/C=C2\SC(=O)N(c3ccccc3)C2=O)ccc1OCC(=O)Nc1cc(C)c(C)cc1Br. The fourth-order valence-corrected chi connectivity index (χ4v) is 4.92. The first-order valence-corrected chi connectivity index (χ1v) is 12.6. The van der Waals surface area contributed by atoms with E-state index in [9.17, 15) is 14.4 Å². The number of imide groups is 1. The van der Waals surface area contributed by atoms with Crippen LogP contribution in [0.15, 0.2) is 70.0 Å². The summed E-state index contributed by atoms with van der Waals surface area (Å²) < 4.78 is 11.9. The van der Waals surface area contributed by atoms with Crippen LogP contribution in [0.25, 0.3) is 6.08 Å². The molecular formula is C27H23BrN2O5S. The second-order valence-corrected chi connectivity index (χ2v) is 9.86. The van der Waals surface area contributed by atoms with E-state index in [0.29, 0.717) is 33.3 Å². The molecule has 1 fully saturated rings. The van der Waals surface area contributed by atoms with Gasteiger partial charge >= 0.3 is 0 Å². The van der Waals surface area contributed by atoms with E-state index in [0.717, 1.165) is 32.3 Å². The maximum absolute atomic E-state index is 12.8. The Morgan fingerprint density at radius 1 is 1.03 bits per heavy atom. The highest BCUT2D eigenvalue weighted by Crippen LogP contribution is 2.37. The van der Waals surface area contributed by atoms with Gasteiger partial charge < -0.3 is 14.8 Å². The standard InChI is InChI=1S/C27H23BrN2O5S/c1-16-11-20(28)21(12-17(16)2)29-25(31)15-35-22-10-9-18(13-23(22)34-3)14-24-26(32)30(27(33)36-24)19-7-5-4-6-8-19/h4-14H,15H2,1-3H3,(H,29,31)/b24-14-. The number of rotatable bonds is 7. The summed E-state index contributed by atoms with van der Waals surface area (Å²) in [6.45, 7) is 3.76. The highest BCUT2D eigenvalue weighted by Gasteiger charge is 2.36. The van der Waals surface area contributed by atoms with Gasteiger partial charge in [0.25, 0.3) is 17.1 Å². The Morgan fingerprint density at radius 2 is 1.75 bits per heavy atom. The minimum atomic E-state index is -0.385. The summed E-state index contributed by atoms with van der Waals surface area (Å²) in [4.78, 5) is 39.2. The quantitative estimate of drug-likeness (QED) is 0.336. The van der Waals surface area contributed by atoms with E-state index in [4.69, 9.17) is 9.47 Å². The fraction of sp³-hybridized carbons (Fsp3) is 0.148. The Labute approximate surface area is 221 Å². The summed E-state index contributed by atoms with van der Waals surface area (Å²) >= 11 is 4.34. The van der Waals surface area contributed by atoms with E-state index >= 15 is 0 Å². The van der Waals surface area contributed by atoms with Crippen molar-refractivity contribution in [3.8, 4) is 11.5 Å². The first-order chi connectivity index (χ1) is 17.3. The molecule has 0 aliphatic carbocycles. The van der Waals surface area contributed by atoms with Crippen molar-refractivity contribution >= 4 is 62.2 Å². The molecule has 3 amide bonds. The number of thioether (sulfide) groups is 1. The number of anilines is 2. The van der Waals surface area contributed by atoms with Gasteiger partial charge in [-0.3, -0.25) is 14.4 Å². The maximum Gasteiger partial charge on any atom is 0.298 e. The van der Waals surface area contributed by atoms with Gasteiger partial charge in [-0.1, -0.05) is 24.3 Å². The van der Waals surface area contributed by atoms with Gasteiger partial charge in [0.05, 0.1) is 23.4 Å². The normalized spacial score (nSPS) is 14.3. The van der Waals surface area contributed by atoms with Crippen LogP contribution < -0.4 is 19.7 Å². The number of amides is 3. The third-order valence-corrected chi connectivity index (χ3v) is 7.04. The smallest absolute Gasteiger partial charge is 0.298 e. The van der Waals surface area contributed by atoms with Crippen molar-refractivity contribution in [2.24, 2.45) is 0 Å². The molecule has 1 heterocycles. The van der Waals surface area contributed by atoms with Crippen LogP contribution in [0.3, 0.4) is 0 Å². The van der Waals surface area contributed by atoms with Crippen molar-refractivity contribution in [2.45, 2.75) is 13.8 Å². The number of halogens is 1. The summed E-state index contributed by atoms with van der Waals surface area (Å²) in [5, 5.41) is 2.48. The van der Waals surface area contributed by atoms with Gasteiger partial charge in [0.1, 0.15) is 0 Å². The highest BCUT2D eigenvalue weighted by molar-refractivity contribution is 9.10. The Balaban J connectivity index is 1.45. The van der Waals surface area contributed by atoms with E-state index < -0.39 is 0 Å². The molecule has 0 saturated carbocycles. The first-order valence-electron chi connectivity index (χ1n) is 11.0. The minimum absolute atomic E-state index is 0.217. The predicted octanol–water partition coefficient (Wildman–Crippen LogP) is 6.33. The zero-order chi connectivity index (χ0) is 25.8. The summed E-state index contributed by atoms with van der Waals surface area (Å²) in [6.07, 6.45) is 1.63. The van der Waals surface area contributed by atoms with E-state index in [1.165, 1.54) is 7.11 Å². The van der Waals surface area contributed by atoms with E-state index in [2.05, 4.69) is 21.2 Å². The summed E-state index contributed by atoms with van der Waals surface area (Å²) in [7, 11) is 1.49. The van der Waals surface area contributed by atoms with Gasteiger partial charge in [0, 0.05) is 4.47 Å². The molecule has 4 rings (SSSR count). The Morgan fingerprint density at radius 3 is 2.47 bits per heavy atom. The molecule has 7 nitrogen and oxygen atoms in total. The lowest BCUT2D eigenvalue weighted by atomic mass is 10.1. The fourth-order valence-electron chi connectivity index (χ4n) is 3.52. The van der Waals surface area contributed by atoms with Crippen LogP contribution in [-0.4, -0.2) is 30.8 Å². The van der Waals surface area contributed by atoms with Gasteiger partial charge in [-0.05, 0) is 101 Å². The minimum Gasteiger partial charge on any atom is -0.493 e. The number of methoxy groups -OCH3 is 1. The van der Waals surface area contributed by atoms with Crippen LogP contribution in [0.2, 0.25) is 0 Å². The number of ether oxygens (including phenoxy) is 2. The predicted molar refractivity (Wildman–Crippen MR) is 146 cm³/mol. The molecule has 0 atom stereocenters. The topological polar surface area (TPSA) is 84.9 Å². The van der Waals surface area contributed by atoms with Crippen LogP contribution in [0.5, 0.6) is 11.5 Å². The average Bonchev–Trinajstić information content (AvgIpc) is 3.14. The van der Waals surface area contributed by atoms with Crippen molar-refractivity contribution in [1.29, 1.82) is 0 Å². The second-order valence-electron chi connectivity index (χ2n) is 8.02. The number of nitrogens with one attached hydrogen (secondary N) is 1. The molecule has 1 aliphatic rings. The third kappa shape index (κ3) is 5.63. The molecule has 0 aromatic heterocycles. The van der Waals surface area contributed by atoms with Crippen molar-refractivity contribution < 1.29 is 23.9 Å². The Kier molecular flexibility index (Phi) is 7.81. The number of benzene rings is 3. The van der Waals surface area contributed by atoms with Crippen LogP contribution in [0.4, 0.5) is 16.2 Å². The molecule has 9 heteroatoms. The van der Waals surface area contributed by atoms with Gasteiger partial charge in [0.2, 0.25) is 0 Å². The Hall–Kier alpha value is -3.56. The lowest BCUT2D eigenvalue weighted by molar-refractivity contribution is -0.118. The molecule has 1 N–H and O–H groups in total. The number of hydrogen-bond acceptors (Lipinski definition) is 6. The first kappa shape index (κ1) is 25.5. The van der Waals surface area contributed by atoms with Gasteiger partial charge in [-0.25, -0.2) is 4.90 Å². The van der Waals surface area contributed by atoms with E-state index in [-0.39, 0.29) is 23.7 Å². The number of carbonyl (C=O) groups excluding carboxylic acids is 3. The largest absolute Gasteiger partial charge is 0.493 e. The molecule has 1 saturated heterocycles. The van der Waals surface area contributed by atoms with Crippen molar-refractivity contribution in [1.82, 2.24) is 0 Å². The molecule has 0 spiro atoms. The molecule has 0 bridgehead atoms. The molecule has 1 aliphatic heterocycles. The van der Waals surface area contributed by atoms with Gasteiger partial charge in [-0.2, -0.15) is 0 Å². The molecule has 36 heavy (non-hydrogen) atoms. The van der Waals surface area contributed by atoms with Gasteiger partial charge in [-0.15, -0.1) is 0 Å². The van der Waals surface area contributed by atoms with Crippen LogP contribution >= 0.6 is 27.7 Å². The third-order valence-electron chi connectivity index (χ3n) is 5.51. The zero-order valence-corrected chi connectivity index (χ0v) is 22.2. The van der Waals surface area contributed by atoms with Gasteiger partial charge in [0.15, 0.2) is 18.1 Å². The number of carbonyl (C=O) groups is 3. The summed E-state index contributed by atoms with van der Waals surface area (Å²) in [5.41, 5.74) is 4.02. The van der Waals surface area contributed by atoms with Crippen molar-refractivity contribution in [3.05, 3.63) is 86.7 Å². The number of hydrogen-bond donors (Lipinski definition) is 1. The lowest BCUT2D eigenvalue weighted by Gasteiger charge is -2.13. The van der Waals surface area contributed by atoms with Crippen molar-refractivity contribution in [2.75, 3.05) is 23.9 Å². The summed E-state index contributed by atoms with van der Waals surface area (Å²) in [6, 6.07) is 17.7. The molecule has 0 unspecified atom stereocenters. The molecule has 0 radical (unpaired) electrons. The number of para-hydroxylation sites is 1. The molecule has 3 aromatic rings. The summed E-state index contributed by atoms with van der Waals surface area (Å²) in [5.74, 6) is 0.0666. The van der Waals surface area contributed by atoms with Crippen molar-refractivity contribution in [3.63, 3.8) is 0 Å². The molecule has 184 valence electrons. The van der Waals surface area contributed by atoms with Crippen LogP contribution in [-0.2, 0) is 9.59 Å².